The van der Waals surface area contributed by atoms with E-state index in [9.17, 15) is 5.26 Å². The Hall–Kier alpha value is -0.630. The highest BCUT2D eigenvalue weighted by Crippen LogP contribution is 2.37. The van der Waals surface area contributed by atoms with E-state index in [0.29, 0.717) is 5.92 Å². The summed E-state index contributed by atoms with van der Waals surface area (Å²) in [4.78, 5) is 2.36. The molecule has 1 saturated carbocycles. The van der Waals surface area contributed by atoms with Crippen LogP contribution in [0.4, 0.5) is 0 Å². The molecule has 0 saturated heterocycles. The van der Waals surface area contributed by atoms with Gasteiger partial charge in [0.15, 0.2) is 0 Å². The van der Waals surface area contributed by atoms with E-state index < -0.39 is 0 Å². The minimum atomic E-state index is -0.261. The van der Waals surface area contributed by atoms with Crippen molar-refractivity contribution in [2.75, 3.05) is 40.4 Å². The number of ether oxygens (including phenoxy) is 1. The van der Waals surface area contributed by atoms with E-state index in [-0.39, 0.29) is 5.54 Å². The number of methoxy groups -OCH3 is 1. The second-order valence-electron chi connectivity index (χ2n) is 6.04. The highest BCUT2D eigenvalue weighted by atomic mass is 16.5. The van der Waals surface area contributed by atoms with Gasteiger partial charge in [0.1, 0.15) is 5.54 Å². The minimum absolute atomic E-state index is 0.261. The van der Waals surface area contributed by atoms with Crippen molar-refractivity contribution in [1.82, 2.24) is 10.2 Å². The Balaban J connectivity index is 2.39. The van der Waals surface area contributed by atoms with Crippen LogP contribution >= 0.6 is 0 Å². The van der Waals surface area contributed by atoms with Crippen LogP contribution in [0.3, 0.4) is 0 Å². The number of nitrogens with one attached hydrogen (secondary N) is 1. The first-order valence-corrected chi connectivity index (χ1v) is 8.02. The molecule has 0 radical (unpaired) electrons. The van der Waals surface area contributed by atoms with Crippen LogP contribution in [0.25, 0.3) is 0 Å². The molecule has 0 aromatic carbocycles. The molecule has 2 atom stereocenters. The zero-order valence-corrected chi connectivity index (χ0v) is 13.5. The fraction of sp³-hybridized carbons (Fsp3) is 0.938. The van der Waals surface area contributed by atoms with Crippen molar-refractivity contribution in [3.8, 4) is 6.07 Å². The molecule has 116 valence electrons. The lowest BCUT2D eigenvalue weighted by molar-refractivity contribution is 0.175. The third kappa shape index (κ3) is 5.05. The van der Waals surface area contributed by atoms with Gasteiger partial charge in [-0.05, 0) is 58.2 Å². The van der Waals surface area contributed by atoms with Crippen molar-refractivity contribution in [2.24, 2.45) is 5.92 Å². The Kier molecular flexibility index (Phi) is 8.13. The van der Waals surface area contributed by atoms with Gasteiger partial charge in [-0.15, -0.1) is 0 Å². The first-order chi connectivity index (χ1) is 9.68. The lowest BCUT2D eigenvalue weighted by Gasteiger charge is -2.31. The summed E-state index contributed by atoms with van der Waals surface area (Å²) in [6.07, 6.45) is 6.68. The Morgan fingerprint density at radius 1 is 1.45 bits per heavy atom. The van der Waals surface area contributed by atoms with Gasteiger partial charge in [0.25, 0.3) is 0 Å². The first-order valence-electron chi connectivity index (χ1n) is 8.02. The molecule has 1 aliphatic rings. The maximum atomic E-state index is 9.61. The summed E-state index contributed by atoms with van der Waals surface area (Å²) < 4.78 is 5.09. The Morgan fingerprint density at radius 2 is 2.25 bits per heavy atom. The summed E-state index contributed by atoms with van der Waals surface area (Å²) in [5, 5.41) is 13.1. The predicted molar refractivity (Wildman–Crippen MR) is 82.6 cm³/mol. The topological polar surface area (TPSA) is 48.3 Å². The largest absolute Gasteiger partial charge is 0.385 e. The van der Waals surface area contributed by atoms with Crippen molar-refractivity contribution in [3.05, 3.63) is 0 Å². The Labute approximate surface area is 124 Å². The molecule has 1 N–H and O–H groups in total. The monoisotopic (exact) mass is 281 g/mol. The van der Waals surface area contributed by atoms with E-state index in [1.54, 1.807) is 7.11 Å². The summed E-state index contributed by atoms with van der Waals surface area (Å²) in [6.45, 7) is 6.08. The molecular weight excluding hydrogens is 250 g/mol. The minimum Gasteiger partial charge on any atom is -0.385 e. The maximum absolute atomic E-state index is 9.61. The molecule has 1 aliphatic carbocycles. The van der Waals surface area contributed by atoms with Crippen LogP contribution in [0.1, 0.15) is 45.4 Å². The molecule has 0 heterocycles. The van der Waals surface area contributed by atoms with Crippen LogP contribution in [0.5, 0.6) is 0 Å². The fourth-order valence-electron chi connectivity index (χ4n) is 3.20. The lowest BCUT2D eigenvalue weighted by Crippen LogP contribution is -2.48. The molecule has 1 fully saturated rings. The van der Waals surface area contributed by atoms with Gasteiger partial charge in [-0.2, -0.15) is 5.26 Å². The second kappa shape index (κ2) is 9.33. The zero-order chi connectivity index (χ0) is 14.8. The summed E-state index contributed by atoms with van der Waals surface area (Å²) in [5.41, 5.74) is -0.261. The average molecular weight is 281 g/mol. The van der Waals surface area contributed by atoms with Crippen LogP contribution < -0.4 is 5.32 Å². The molecule has 0 bridgehead atoms. The standard InChI is InChI=1S/C16H31N3O/c1-4-10-18-16(14-17)9-5-7-15(16)8-12-19(2)11-6-13-20-3/h15,18H,4-13H2,1-3H3. The molecular formula is C16H31N3O. The molecule has 0 spiro atoms. The van der Waals surface area contributed by atoms with Crippen molar-refractivity contribution in [3.63, 3.8) is 0 Å². The van der Waals surface area contributed by atoms with Crippen molar-refractivity contribution in [1.29, 1.82) is 5.26 Å². The molecule has 4 nitrogen and oxygen atoms in total. The molecule has 4 heteroatoms. The van der Waals surface area contributed by atoms with Gasteiger partial charge in [0.05, 0.1) is 6.07 Å². The van der Waals surface area contributed by atoms with Crippen LogP contribution in [-0.2, 0) is 4.74 Å². The molecule has 2 unspecified atom stereocenters. The third-order valence-electron chi connectivity index (χ3n) is 4.46. The van der Waals surface area contributed by atoms with Gasteiger partial charge in [0.2, 0.25) is 0 Å². The van der Waals surface area contributed by atoms with Gasteiger partial charge in [-0.1, -0.05) is 13.3 Å². The highest BCUT2D eigenvalue weighted by molar-refractivity contribution is 5.14. The number of hydrogen-bond acceptors (Lipinski definition) is 4. The summed E-state index contributed by atoms with van der Waals surface area (Å²) in [5.74, 6) is 0.504. The molecule has 0 aromatic heterocycles. The van der Waals surface area contributed by atoms with Crippen LogP contribution in [-0.4, -0.2) is 50.8 Å². The smallest absolute Gasteiger partial charge is 0.109 e. The summed E-state index contributed by atoms with van der Waals surface area (Å²) >= 11 is 0. The summed E-state index contributed by atoms with van der Waals surface area (Å²) in [6, 6.07) is 2.59. The van der Waals surface area contributed by atoms with E-state index in [1.807, 2.05) is 0 Å². The highest BCUT2D eigenvalue weighted by Gasteiger charge is 2.42. The van der Waals surface area contributed by atoms with Crippen LogP contribution in [0, 0.1) is 17.2 Å². The normalized spacial score (nSPS) is 26.1. The van der Waals surface area contributed by atoms with Gasteiger partial charge in [-0.3, -0.25) is 5.32 Å². The molecule has 1 rings (SSSR count). The van der Waals surface area contributed by atoms with Gasteiger partial charge in [0, 0.05) is 20.3 Å². The fourth-order valence-corrected chi connectivity index (χ4v) is 3.20. The maximum Gasteiger partial charge on any atom is 0.109 e. The molecule has 0 amide bonds. The third-order valence-corrected chi connectivity index (χ3v) is 4.46. The number of nitrogens with zero attached hydrogens (tertiary/aromatic N) is 2. The number of hydrogen-bond donors (Lipinski definition) is 1. The lowest BCUT2D eigenvalue weighted by atomic mass is 9.85. The second-order valence-corrected chi connectivity index (χ2v) is 6.04. The zero-order valence-electron chi connectivity index (χ0n) is 13.5. The van der Waals surface area contributed by atoms with E-state index in [2.05, 4.69) is 30.3 Å². The Bertz CT molecular complexity index is 303. The average Bonchev–Trinajstić information content (AvgIpc) is 2.86. The number of nitriles is 1. The van der Waals surface area contributed by atoms with Gasteiger partial charge in [-0.25, -0.2) is 0 Å². The molecule has 0 aromatic rings. The van der Waals surface area contributed by atoms with E-state index in [0.717, 1.165) is 51.9 Å². The first kappa shape index (κ1) is 17.4. The Morgan fingerprint density at radius 3 is 2.90 bits per heavy atom. The van der Waals surface area contributed by atoms with E-state index in [1.165, 1.54) is 12.8 Å². The summed E-state index contributed by atoms with van der Waals surface area (Å²) in [7, 11) is 3.91. The van der Waals surface area contributed by atoms with Crippen molar-refractivity contribution < 1.29 is 4.74 Å². The van der Waals surface area contributed by atoms with Gasteiger partial charge >= 0.3 is 0 Å². The van der Waals surface area contributed by atoms with E-state index in [4.69, 9.17) is 4.74 Å². The molecule has 20 heavy (non-hydrogen) atoms. The van der Waals surface area contributed by atoms with Crippen molar-refractivity contribution in [2.45, 2.75) is 51.0 Å². The quantitative estimate of drug-likeness (QED) is 0.625. The van der Waals surface area contributed by atoms with Crippen LogP contribution in [0.15, 0.2) is 0 Å². The van der Waals surface area contributed by atoms with E-state index >= 15 is 0 Å². The number of rotatable bonds is 10. The molecule has 0 aliphatic heterocycles. The SMILES string of the molecule is CCCNC1(C#N)CCCC1CCN(C)CCCOC. The van der Waals surface area contributed by atoms with Crippen molar-refractivity contribution >= 4 is 0 Å². The predicted octanol–water partition coefficient (Wildman–Crippen LogP) is 2.41. The van der Waals surface area contributed by atoms with Crippen LogP contribution in [0.2, 0.25) is 0 Å². The van der Waals surface area contributed by atoms with Gasteiger partial charge < -0.3 is 9.64 Å².